The molecule has 1 N–H and O–H groups in total. The number of hydrogen-bond donors (Lipinski definition) is 1. The first-order chi connectivity index (χ1) is 7.60. The summed E-state index contributed by atoms with van der Waals surface area (Å²) in [6.45, 7) is 5.30. The van der Waals surface area contributed by atoms with Crippen molar-refractivity contribution in [3.05, 3.63) is 47.5 Å². The molecule has 82 valence electrons. The van der Waals surface area contributed by atoms with Crippen LogP contribution in [0.2, 0.25) is 0 Å². The van der Waals surface area contributed by atoms with E-state index in [1.165, 1.54) is 0 Å². The topological polar surface area (TPSA) is 61.1 Å². The molecule has 0 spiro atoms. The lowest BCUT2D eigenvalue weighted by Crippen LogP contribution is -2.09. The molecule has 0 aromatic heterocycles. The molecule has 0 saturated heterocycles. The number of benzene rings is 1. The molecule has 3 heteroatoms. The first-order valence-electron chi connectivity index (χ1n) is 5.00. The maximum atomic E-state index is 11.3. The molecule has 0 heterocycles. The quantitative estimate of drug-likeness (QED) is 0.782. The van der Waals surface area contributed by atoms with Gasteiger partial charge in [0.05, 0.1) is 11.6 Å². The predicted octanol–water partition coefficient (Wildman–Crippen LogP) is 2.13. The van der Waals surface area contributed by atoms with Crippen LogP contribution in [0.5, 0.6) is 0 Å². The molecule has 0 fully saturated rings. The third-order valence-corrected chi connectivity index (χ3v) is 2.36. The third kappa shape index (κ3) is 2.56. The molecule has 0 bridgehead atoms. The Balaban J connectivity index is 2.89. The summed E-state index contributed by atoms with van der Waals surface area (Å²) in [7, 11) is 0. The second-order valence-electron chi connectivity index (χ2n) is 3.44. The lowest BCUT2D eigenvalue weighted by atomic mass is 9.98. The largest absolute Gasteiger partial charge is 0.384 e. The molecule has 0 saturated carbocycles. The van der Waals surface area contributed by atoms with Gasteiger partial charge in [0.15, 0.2) is 5.78 Å². The highest BCUT2D eigenvalue weighted by molar-refractivity contribution is 5.95. The first-order valence-corrected chi connectivity index (χ1v) is 5.00. The van der Waals surface area contributed by atoms with E-state index in [0.29, 0.717) is 17.5 Å². The van der Waals surface area contributed by atoms with Crippen LogP contribution in [0.15, 0.2) is 36.4 Å². The summed E-state index contributed by atoms with van der Waals surface area (Å²) in [6, 6.07) is 8.43. The minimum Gasteiger partial charge on any atom is -0.384 e. The fraction of sp³-hybridized carbons (Fsp3) is 0.231. The number of Topliss-reactive ketones (excluding diaryl/α,β-unsaturated/α-hetero) is 1. The van der Waals surface area contributed by atoms with Gasteiger partial charge in [-0.05, 0) is 17.7 Å². The molecule has 0 aliphatic rings. The van der Waals surface area contributed by atoms with Crippen LogP contribution in [-0.4, -0.2) is 10.9 Å². The van der Waals surface area contributed by atoms with Crippen LogP contribution in [0.4, 0.5) is 0 Å². The Bertz CT molecular complexity index is 440. The highest BCUT2D eigenvalue weighted by Crippen LogP contribution is 2.21. The number of hydrogen-bond acceptors (Lipinski definition) is 3. The SMILES string of the molecule is C=C(C(=O)CC)C(O)c1ccc(C#N)cc1. The molecule has 0 aliphatic carbocycles. The van der Waals surface area contributed by atoms with Crippen LogP contribution >= 0.6 is 0 Å². The maximum Gasteiger partial charge on any atom is 0.160 e. The average Bonchev–Trinajstić information content (AvgIpc) is 2.36. The maximum absolute atomic E-state index is 11.3. The summed E-state index contributed by atoms with van der Waals surface area (Å²) >= 11 is 0. The summed E-state index contributed by atoms with van der Waals surface area (Å²) in [6.07, 6.45) is -0.660. The van der Waals surface area contributed by atoms with Crippen molar-refractivity contribution < 1.29 is 9.90 Å². The average molecular weight is 215 g/mol. The van der Waals surface area contributed by atoms with Crippen molar-refractivity contribution >= 4 is 5.78 Å². The number of nitriles is 1. The van der Waals surface area contributed by atoms with Gasteiger partial charge in [-0.25, -0.2) is 0 Å². The van der Waals surface area contributed by atoms with E-state index >= 15 is 0 Å². The van der Waals surface area contributed by atoms with Crippen LogP contribution < -0.4 is 0 Å². The highest BCUT2D eigenvalue weighted by atomic mass is 16.3. The van der Waals surface area contributed by atoms with Crippen molar-refractivity contribution in [2.45, 2.75) is 19.4 Å². The fourth-order valence-corrected chi connectivity index (χ4v) is 1.32. The lowest BCUT2D eigenvalue weighted by Gasteiger charge is -2.12. The Kier molecular flexibility index (Phi) is 3.98. The molecule has 1 rings (SSSR count). The molecule has 1 aromatic carbocycles. The van der Waals surface area contributed by atoms with Gasteiger partial charge >= 0.3 is 0 Å². The van der Waals surface area contributed by atoms with Gasteiger partial charge in [0.2, 0.25) is 0 Å². The smallest absolute Gasteiger partial charge is 0.160 e. The van der Waals surface area contributed by atoms with Crippen LogP contribution in [0.1, 0.15) is 30.6 Å². The van der Waals surface area contributed by atoms with Gasteiger partial charge in [0, 0.05) is 12.0 Å². The Hall–Kier alpha value is -1.92. The molecule has 0 radical (unpaired) electrons. The normalized spacial score (nSPS) is 11.6. The number of ketones is 1. The second kappa shape index (κ2) is 5.24. The van der Waals surface area contributed by atoms with Gasteiger partial charge in [0.25, 0.3) is 0 Å². The van der Waals surface area contributed by atoms with Gasteiger partial charge in [-0.2, -0.15) is 5.26 Å². The highest BCUT2D eigenvalue weighted by Gasteiger charge is 2.16. The van der Waals surface area contributed by atoms with E-state index in [-0.39, 0.29) is 11.4 Å². The van der Waals surface area contributed by atoms with Crippen molar-refractivity contribution in [2.24, 2.45) is 0 Å². The van der Waals surface area contributed by atoms with E-state index in [9.17, 15) is 9.90 Å². The summed E-state index contributed by atoms with van der Waals surface area (Å²) in [4.78, 5) is 11.3. The molecule has 1 atom stereocenters. The van der Waals surface area contributed by atoms with E-state index in [4.69, 9.17) is 5.26 Å². The van der Waals surface area contributed by atoms with Gasteiger partial charge in [-0.1, -0.05) is 25.6 Å². The van der Waals surface area contributed by atoms with Crippen molar-refractivity contribution in [2.75, 3.05) is 0 Å². The standard InChI is InChI=1S/C13H13NO2/c1-3-12(15)9(2)13(16)11-6-4-10(8-14)5-7-11/h4-7,13,16H,2-3H2,1H3. The molecule has 16 heavy (non-hydrogen) atoms. The number of carbonyl (C=O) groups excluding carboxylic acids is 1. The van der Waals surface area contributed by atoms with Crippen LogP contribution in [0.3, 0.4) is 0 Å². The molecule has 1 aromatic rings. The van der Waals surface area contributed by atoms with Crippen molar-refractivity contribution in [1.82, 2.24) is 0 Å². The summed E-state index contributed by atoms with van der Waals surface area (Å²) < 4.78 is 0. The summed E-state index contributed by atoms with van der Waals surface area (Å²) in [5, 5.41) is 18.5. The fourth-order valence-electron chi connectivity index (χ4n) is 1.32. The van der Waals surface area contributed by atoms with E-state index in [2.05, 4.69) is 6.58 Å². The molecule has 0 amide bonds. The number of aliphatic hydroxyl groups is 1. The summed E-state index contributed by atoms with van der Waals surface area (Å²) in [5.41, 5.74) is 1.28. The Morgan fingerprint density at radius 2 is 2.06 bits per heavy atom. The van der Waals surface area contributed by atoms with Crippen LogP contribution in [0, 0.1) is 11.3 Å². The van der Waals surface area contributed by atoms with Gasteiger partial charge in [-0.3, -0.25) is 4.79 Å². The first kappa shape index (κ1) is 12.2. The van der Waals surface area contributed by atoms with Crippen molar-refractivity contribution in [3.8, 4) is 6.07 Å². The van der Waals surface area contributed by atoms with Gasteiger partial charge in [-0.15, -0.1) is 0 Å². The van der Waals surface area contributed by atoms with E-state index in [1.54, 1.807) is 31.2 Å². The minimum atomic E-state index is -0.986. The van der Waals surface area contributed by atoms with Gasteiger partial charge < -0.3 is 5.11 Å². The third-order valence-electron chi connectivity index (χ3n) is 2.36. The van der Waals surface area contributed by atoms with Crippen molar-refractivity contribution in [1.29, 1.82) is 5.26 Å². The molecule has 3 nitrogen and oxygen atoms in total. The predicted molar refractivity (Wildman–Crippen MR) is 60.6 cm³/mol. The Morgan fingerprint density at radius 3 is 2.50 bits per heavy atom. The molecular weight excluding hydrogens is 202 g/mol. The van der Waals surface area contributed by atoms with Crippen LogP contribution in [-0.2, 0) is 4.79 Å². The molecular formula is C13H13NO2. The van der Waals surface area contributed by atoms with Crippen LogP contribution in [0.25, 0.3) is 0 Å². The minimum absolute atomic E-state index is 0.156. The monoisotopic (exact) mass is 215 g/mol. The van der Waals surface area contributed by atoms with Gasteiger partial charge in [0.1, 0.15) is 6.10 Å². The second-order valence-corrected chi connectivity index (χ2v) is 3.44. The van der Waals surface area contributed by atoms with E-state index in [0.717, 1.165) is 0 Å². The van der Waals surface area contributed by atoms with E-state index in [1.807, 2.05) is 6.07 Å². The zero-order valence-electron chi connectivity index (χ0n) is 9.10. The van der Waals surface area contributed by atoms with E-state index < -0.39 is 6.10 Å². The number of nitrogens with zero attached hydrogens (tertiary/aromatic N) is 1. The zero-order valence-corrected chi connectivity index (χ0v) is 9.10. The number of carbonyl (C=O) groups is 1. The number of aliphatic hydroxyl groups excluding tert-OH is 1. The Labute approximate surface area is 94.6 Å². The molecule has 1 unspecified atom stereocenters. The summed E-state index contributed by atoms with van der Waals surface area (Å²) in [5.74, 6) is -0.156. The number of rotatable bonds is 4. The lowest BCUT2D eigenvalue weighted by molar-refractivity contribution is -0.116. The van der Waals surface area contributed by atoms with Crippen molar-refractivity contribution in [3.63, 3.8) is 0 Å². The zero-order chi connectivity index (χ0) is 12.1. The molecule has 0 aliphatic heterocycles. The Morgan fingerprint density at radius 1 is 1.50 bits per heavy atom.